The second-order valence-corrected chi connectivity index (χ2v) is 4.72. The lowest BCUT2D eigenvalue weighted by Gasteiger charge is -2.27. The number of rotatable bonds is 2. The summed E-state index contributed by atoms with van der Waals surface area (Å²) in [5.41, 5.74) is 4.25. The Morgan fingerprint density at radius 1 is 1.53 bits per heavy atom. The van der Waals surface area contributed by atoms with Gasteiger partial charge in [-0.2, -0.15) is 0 Å². The normalized spacial score (nSPS) is 19.8. The van der Waals surface area contributed by atoms with Gasteiger partial charge in [-0.1, -0.05) is 0 Å². The highest BCUT2D eigenvalue weighted by Gasteiger charge is 2.31. The number of carbonyl (C=O) groups is 1. The number of hydroxylamine groups is 1. The minimum atomic E-state index is -0.495. The molecule has 0 spiro atoms. The molecule has 1 aliphatic heterocycles. The van der Waals surface area contributed by atoms with E-state index in [9.17, 15) is 4.79 Å². The van der Waals surface area contributed by atoms with Crippen LogP contribution in [0.15, 0.2) is 12.3 Å². The molecule has 0 radical (unpaired) electrons. The van der Waals surface area contributed by atoms with Crippen LogP contribution in [0.3, 0.4) is 0 Å². The smallest absolute Gasteiger partial charge is 0.276 e. The van der Waals surface area contributed by atoms with E-state index in [1.165, 1.54) is 19.0 Å². The predicted molar refractivity (Wildman–Crippen MR) is 60.6 cm³/mol. The van der Waals surface area contributed by atoms with Crippen molar-refractivity contribution in [2.24, 2.45) is 0 Å². The molecule has 1 aliphatic carbocycles. The number of amides is 1. The summed E-state index contributed by atoms with van der Waals surface area (Å²) >= 11 is 0. The van der Waals surface area contributed by atoms with Crippen molar-refractivity contribution in [2.75, 3.05) is 6.54 Å². The van der Waals surface area contributed by atoms with Gasteiger partial charge in [0, 0.05) is 25.3 Å². The maximum Gasteiger partial charge on any atom is 0.276 e. The molecule has 1 aromatic heterocycles. The van der Waals surface area contributed by atoms with Crippen molar-refractivity contribution in [3.05, 3.63) is 29.1 Å². The maximum atomic E-state index is 11.3. The van der Waals surface area contributed by atoms with Crippen molar-refractivity contribution >= 4 is 5.91 Å². The van der Waals surface area contributed by atoms with Crippen molar-refractivity contribution in [1.82, 2.24) is 15.4 Å². The fourth-order valence-corrected chi connectivity index (χ4v) is 2.37. The number of carbonyl (C=O) groups excluding carboxylic acids is 1. The lowest BCUT2D eigenvalue weighted by molar-refractivity contribution is 0.0705. The van der Waals surface area contributed by atoms with Crippen LogP contribution in [0, 0.1) is 0 Å². The average Bonchev–Trinajstić information content (AvgIpc) is 3.21. The molecule has 1 saturated carbocycles. The first-order chi connectivity index (χ1) is 8.28. The van der Waals surface area contributed by atoms with Gasteiger partial charge in [0.25, 0.3) is 5.91 Å². The van der Waals surface area contributed by atoms with E-state index in [2.05, 4.69) is 9.88 Å². The molecular formula is C12H15N3O2. The molecule has 2 aliphatic rings. The molecule has 0 atom stereocenters. The minimum Gasteiger partial charge on any atom is -0.294 e. The highest BCUT2D eigenvalue weighted by molar-refractivity contribution is 5.93. The van der Waals surface area contributed by atoms with Crippen LogP contribution in [0.5, 0.6) is 0 Å². The molecule has 1 fully saturated rings. The van der Waals surface area contributed by atoms with Gasteiger partial charge in [-0.3, -0.25) is 19.9 Å². The molecule has 0 bridgehead atoms. The molecular weight excluding hydrogens is 218 g/mol. The molecule has 90 valence electrons. The number of hydrogen-bond acceptors (Lipinski definition) is 4. The zero-order valence-corrected chi connectivity index (χ0v) is 9.52. The topological polar surface area (TPSA) is 65.5 Å². The van der Waals surface area contributed by atoms with Gasteiger partial charge in [-0.15, -0.1) is 0 Å². The minimum absolute atomic E-state index is 0.422. The number of pyridine rings is 1. The van der Waals surface area contributed by atoms with Crippen LogP contribution < -0.4 is 5.48 Å². The van der Waals surface area contributed by atoms with Crippen LogP contribution in [0.4, 0.5) is 0 Å². The summed E-state index contributed by atoms with van der Waals surface area (Å²) in [6, 6.07) is 2.59. The fraction of sp³-hybridized carbons (Fsp3) is 0.500. The first-order valence-corrected chi connectivity index (χ1v) is 5.94. The first kappa shape index (κ1) is 10.7. The van der Waals surface area contributed by atoms with Crippen molar-refractivity contribution in [3.8, 4) is 0 Å². The Hall–Kier alpha value is -1.46. The van der Waals surface area contributed by atoms with Crippen LogP contribution in [-0.2, 0) is 13.0 Å². The van der Waals surface area contributed by atoms with E-state index in [0.717, 1.165) is 36.8 Å². The molecule has 2 N–H and O–H groups in total. The fourth-order valence-electron chi connectivity index (χ4n) is 2.37. The SMILES string of the molecule is O=C(NO)c1cnc2c(c1)CCN(C1CC1)C2. The molecule has 2 heterocycles. The lowest BCUT2D eigenvalue weighted by Crippen LogP contribution is -2.33. The van der Waals surface area contributed by atoms with Crippen molar-refractivity contribution < 1.29 is 10.0 Å². The summed E-state index contributed by atoms with van der Waals surface area (Å²) in [5, 5.41) is 8.58. The third-order valence-electron chi connectivity index (χ3n) is 3.51. The maximum absolute atomic E-state index is 11.3. The Labute approximate surface area is 99.4 Å². The van der Waals surface area contributed by atoms with Crippen molar-refractivity contribution in [1.29, 1.82) is 0 Å². The van der Waals surface area contributed by atoms with Gasteiger partial charge in [0.2, 0.25) is 0 Å². The molecule has 17 heavy (non-hydrogen) atoms. The van der Waals surface area contributed by atoms with Gasteiger partial charge < -0.3 is 0 Å². The van der Waals surface area contributed by atoms with Crippen LogP contribution in [0.25, 0.3) is 0 Å². The lowest BCUT2D eigenvalue weighted by atomic mass is 10.0. The Kier molecular flexibility index (Phi) is 2.57. The van der Waals surface area contributed by atoms with Gasteiger partial charge in [0.15, 0.2) is 0 Å². The second-order valence-electron chi connectivity index (χ2n) is 4.72. The summed E-state index contributed by atoms with van der Waals surface area (Å²) in [6.07, 6.45) is 5.08. The number of aromatic nitrogens is 1. The van der Waals surface area contributed by atoms with Gasteiger partial charge in [0.05, 0.1) is 11.3 Å². The third kappa shape index (κ3) is 2.03. The molecule has 5 heteroatoms. The highest BCUT2D eigenvalue weighted by atomic mass is 16.5. The molecule has 1 amide bonds. The standard InChI is InChI=1S/C12H15N3O2/c16-12(14-17)9-5-8-3-4-15(10-1-2-10)7-11(8)13-6-9/h5-6,10,17H,1-4,7H2,(H,14,16). The molecule has 1 aromatic rings. The van der Waals surface area contributed by atoms with E-state index in [0.29, 0.717) is 5.56 Å². The summed E-state index contributed by atoms with van der Waals surface area (Å²) < 4.78 is 0. The Bertz CT molecular complexity index is 457. The van der Waals surface area contributed by atoms with Crippen molar-refractivity contribution in [2.45, 2.75) is 31.8 Å². The number of nitrogens with one attached hydrogen (secondary N) is 1. The van der Waals surface area contributed by atoms with Gasteiger partial charge >= 0.3 is 0 Å². The quantitative estimate of drug-likeness (QED) is 0.583. The summed E-state index contributed by atoms with van der Waals surface area (Å²) in [4.78, 5) is 18.1. The third-order valence-corrected chi connectivity index (χ3v) is 3.51. The highest BCUT2D eigenvalue weighted by Crippen LogP contribution is 2.31. The van der Waals surface area contributed by atoms with E-state index < -0.39 is 5.91 Å². The molecule has 0 aromatic carbocycles. The Balaban J connectivity index is 1.82. The largest absolute Gasteiger partial charge is 0.294 e. The second kappa shape index (κ2) is 4.09. The average molecular weight is 233 g/mol. The summed E-state index contributed by atoms with van der Waals surface area (Å²) in [7, 11) is 0. The van der Waals surface area contributed by atoms with Gasteiger partial charge in [0.1, 0.15) is 0 Å². The Morgan fingerprint density at radius 2 is 2.35 bits per heavy atom. The van der Waals surface area contributed by atoms with E-state index >= 15 is 0 Å². The van der Waals surface area contributed by atoms with E-state index in [1.807, 2.05) is 6.07 Å². The molecule has 3 rings (SSSR count). The number of fused-ring (bicyclic) bond motifs is 1. The van der Waals surface area contributed by atoms with Gasteiger partial charge in [-0.05, 0) is 30.9 Å². The molecule has 0 saturated heterocycles. The van der Waals surface area contributed by atoms with Crippen LogP contribution in [-0.4, -0.2) is 33.6 Å². The van der Waals surface area contributed by atoms with Crippen LogP contribution in [0.1, 0.15) is 34.5 Å². The molecule has 5 nitrogen and oxygen atoms in total. The summed E-state index contributed by atoms with van der Waals surface area (Å²) in [5.74, 6) is -0.495. The Morgan fingerprint density at radius 3 is 3.06 bits per heavy atom. The molecule has 0 unspecified atom stereocenters. The van der Waals surface area contributed by atoms with Crippen LogP contribution >= 0.6 is 0 Å². The predicted octanol–water partition coefficient (Wildman–Crippen LogP) is 0.721. The van der Waals surface area contributed by atoms with E-state index in [4.69, 9.17) is 5.21 Å². The first-order valence-electron chi connectivity index (χ1n) is 5.94. The monoisotopic (exact) mass is 233 g/mol. The zero-order chi connectivity index (χ0) is 11.8. The zero-order valence-electron chi connectivity index (χ0n) is 9.52. The van der Waals surface area contributed by atoms with Crippen LogP contribution in [0.2, 0.25) is 0 Å². The van der Waals surface area contributed by atoms with Crippen molar-refractivity contribution in [3.63, 3.8) is 0 Å². The van der Waals surface area contributed by atoms with Gasteiger partial charge in [-0.25, -0.2) is 5.48 Å². The van der Waals surface area contributed by atoms with E-state index in [-0.39, 0.29) is 0 Å². The van der Waals surface area contributed by atoms with E-state index in [1.54, 1.807) is 5.48 Å². The number of nitrogens with zero attached hydrogens (tertiary/aromatic N) is 2. The summed E-state index contributed by atoms with van der Waals surface area (Å²) in [6.45, 7) is 1.94. The number of hydrogen-bond donors (Lipinski definition) is 2.